The van der Waals surface area contributed by atoms with Gasteiger partial charge in [-0.25, -0.2) is 14.4 Å². The number of benzene rings is 1. The molecule has 0 spiro atoms. The molecule has 1 aromatic carbocycles. The standard InChI is InChI=1S/C19H17Cl3N4O8S.C2HF3O2/c20-12(21)14(29)26(22)18(33)34-6-8-5-25-15(30)19(17(31)32,16(25)35-7-8)24-13(28)11(23)9-1-3-10(27)4-2-9;3-2(4,5)1(6)7/h1-5,11-12,16,27H,6-7,23H2,(H,24,28)(H,31,32);(H,6,7)/t11?,16-,19-;/m0./s1. The van der Waals surface area contributed by atoms with Crippen LogP contribution in [-0.4, -0.2) is 94.7 Å². The highest BCUT2D eigenvalue weighted by Crippen LogP contribution is 2.43. The Morgan fingerprint density at radius 1 is 1.19 bits per heavy atom. The number of imide groups is 1. The highest BCUT2D eigenvalue weighted by Gasteiger charge is 2.68. The molecular weight excluding hydrogens is 664 g/mol. The van der Waals surface area contributed by atoms with Gasteiger partial charge >= 0.3 is 24.2 Å². The first-order valence-electron chi connectivity index (χ1n) is 10.8. The fourth-order valence-electron chi connectivity index (χ4n) is 3.25. The van der Waals surface area contributed by atoms with Crippen molar-refractivity contribution < 1.29 is 62.0 Å². The average Bonchev–Trinajstić information content (AvgIpc) is 2.92. The highest BCUT2D eigenvalue weighted by atomic mass is 35.5. The molecule has 1 saturated heterocycles. The number of aliphatic carboxylic acids is 2. The maximum atomic E-state index is 12.8. The number of β-lactam (4-membered cyclic amide) rings is 1. The minimum absolute atomic E-state index is 0.0484. The molecule has 0 aliphatic carbocycles. The van der Waals surface area contributed by atoms with E-state index in [0.717, 1.165) is 16.7 Å². The minimum Gasteiger partial charge on any atom is -0.508 e. The van der Waals surface area contributed by atoms with E-state index in [1.54, 1.807) is 0 Å². The van der Waals surface area contributed by atoms with Gasteiger partial charge in [-0.1, -0.05) is 35.3 Å². The number of fused-ring (bicyclic) bond motifs is 1. The summed E-state index contributed by atoms with van der Waals surface area (Å²) in [6.45, 7) is -0.369. The van der Waals surface area contributed by atoms with Crippen LogP contribution in [0.3, 0.4) is 0 Å². The Bertz CT molecular complexity index is 1300. The van der Waals surface area contributed by atoms with Crippen molar-refractivity contribution in [1.29, 1.82) is 0 Å². The molecule has 42 heavy (non-hydrogen) atoms. The number of thioether (sulfide) groups is 1. The van der Waals surface area contributed by atoms with Gasteiger partial charge in [-0.15, -0.1) is 11.8 Å². The first kappa shape index (κ1) is 34.7. The maximum Gasteiger partial charge on any atom is 0.490 e. The molecule has 2 aliphatic rings. The molecule has 0 aromatic heterocycles. The average molecular weight is 682 g/mol. The van der Waals surface area contributed by atoms with E-state index in [0.29, 0.717) is 11.1 Å². The van der Waals surface area contributed by atoms with Crippen molar-refractivity contribution in [1.82, 2.24) is 14.6 Å². The van der Waals surface area contributed by atoms with E-state index >= 15 is 0 Å². The SMILES string of the molecule is NC(C(=O)N[C@@]1(C(=O)O)C(=O)N2C=C(COC(=O)N(Cl)C(=O)C(Cl)Cl)CS[C@H]21)c1ccc(O)cc1.O=C(O)C(F)(F)F. The fraction of sp³-hybridized carbons (Fsp3) is 0.333. The van der Waals surface area contributed by atoms with E-state index in [2.05, 4.69) is 5.32 Å². The fourth-order valence-corrected chi connectivity index (χ4v) is 5.05. The van der Waals surface area contributed by atoms with Crippen LogP contribution in [0.2, 0.25) is 0 Å². The number of carboxylic acid groups (broad SMARTS) is 2. The summed E-state index contributed by atoms with van der Waals surface area (Å²) in [5, 5.41) is 27.6. The predicted molar refractivity (Wildman–Crippen MR) is 138 cm³/mol. The molecule has 1 unspecified atom stereocenters. The summed E-state index contributed by atoms with van der Waals surface area (Å²) in [6, 6.07) is 4.11. The molecule has 3 rings (SSSR count). The topological polar surface area (TPSA) is 217 Å². The van der Waals surface area contributed by atoms with Crippen LogP contribution < -0.4 is 11.1 Å². The van der Waals surface area contributed by atoms with Crippen LogP contribution in [0.1, 0.15) is 11.6 Å². The number of hydrogen-bond acceptors (Lipinski definition) is 10. The number of nitrogens with two attached hydrogens (primary N) is 1. The van der Waals surface area contributed by atoms with Crippen molar-refractivity contribution in [2.24, 2.45) is 5.73 Å². The normalized spacial score (nSPS) is 20.1. The van der Waals surface area contributed by atoms with Crippen molar-refractivity contribution in [2.45, 2.75) is 28.0 Å². The van der Waals surface area contributed by atoms with Crippen molar-refractivity contribution in [3.63, 3.8) is 0 Å². The number of aromatic hydroxyl groups is 1. The number of carbonyl (C=O) groups is 6. The summed E-state index contributed by atoms with van der Waals surface area (Å²) in [6.07, 6.45) is -5.04. The summed E-state index contributed by atoms with van der Waals surface area (Å²) >= 11 is 17.2. The molecule has 1 fully saturated rings. The summed E-state index contributed by atoms with van der Waals surface area (Å²) in [7, 11) is 0. The lowest BCUT2D eigenvalue weighted by atomic mass is 9.87. The van der Waals surface area contributed by atoms with Crippen molar-refractivity contribution >= 4 is 82.5 Å². The molecule has 6 N–H and O–H groups in total. The number of nitrogens with zero attached hydrogens (tertiary/aromatic N) is 2. The van der Waals surface area contributed by atoms with E-state index in [-0.39, 0.29) is 22.5 Å². The highest BCUT2D eigenvalue weighted by molar-refractivity contribution is 8.00. The number of alkyl halides is 5. The summed E-state index contributed by atoms with van der Waals surface area (Å²) < 4.78 is 36.7. The number of hydrogen-bond donors (Lipinski definition) is 5. The van der Waals surface area contributed by atoms with Gasteiger partial charge in [0.05, 0.1) is 0 Å². The monoisotopic (exact) mass is 680 g/mol. The van der Waals surface area contributed by atoms with Crippen LogP contribution in [0.15, 0.2) is 36.0 Å². The van der Waals surface area contributed by atoms with Crippen LogP contribution in [0.5, 0.6) is 5.75 Å². The molecule has 230 valence electrons. The molecule has 14 nitrogen and oxygen atoms in total. The molecule has 21 heteroatoms. The van der Waals surface area contributed by atoms with Gasteiger partial charge in [-0.3, -0.25) is 14.4 Å². The van der Waals surface area contributed by atoms with Crippen LogP contribution in [0, 0.1) is 0 Å². The van der Waals surface area contributed by atoms with Crippen molar-refractivity contribution in [3.05, 3.63) is 41.6 Å². The second kappa shape index (κ2) is 13.7. The Balaban J connectivity index is 0.000000782. The van der Waals surface area contributed by atoms with E-state index in [1.165, 1.54) is 30.5 Å². The van der Waals surface area contributed by atoms with E-state index in [9.17, 15) is 47.4 Å². The number of phenols is 1. The smallest absolute Gasteiger partial charge is 0.490 e. The molecular formula is C21H18Cl3F3N4O10S. The Kier molecular flexibility index (Phi) is 11.3. The third-order valence-corrected chi connectivity index (χ3v) is 7.41. The zero-order valence-electron chi connectivity index (χ0n) is 20.4. The number of nitrogens with one attached hydrogen (secondary N) is 1. The maximum absolute atomic E-state index is 12.8. The summed E-state index contributed by atoms with van der Waals surface area (Å²) in [4.78, 5) is 69.4. The number of halogens is 6. The number of rotatable bonds is 7. The zero-order valence-corrected chi connectivity index (χ0v) is 23.5. The van der Waals surface area contributed by atoms with Crippen LogP contribution in [0.25, 0.3) is 0 Å². The lowest BCUT2D eigenvalue weighted by molar-refractivity contribution is -0.192. The molecule has 0 saturated carbocycles. The first-order chi connectivity index (χ1) is 19.3. The molecule has 1 aromatic rings. The Labute approximate surface area is 252 Å². The van der Waals surface area contributed by atoms with E-state index in [4.69, 9.17) is 55.4 Å². The quantitative estimate of drug-likeness (QED) is 0.120. The second-order valence-electron chi connectivity index (χ2n) is 8.11. The number of amides is 4. The molecule has 3 atom stereocenters. The lowest BCUT2D eigenvalue weighted by Gasteiger charge is -2.53. The predicted octanol–water partition coefficient (Wildman–Crippen LogP) is 1.69. The van der Waals surface area contributed by atoms with Gasteiger partial charge in [0.1, 0.15) is 23.8 Å². The summed E-state index contributed by atoms with van der Waals surface area (Å²) in [5.74, 6) is -7.20. The van der Waals surface area contributed by atoms with Gasteiger partial charge in [0.25, 0.3) is 11.8 Å². The minimum atomic E-state index is -5.08. The number of phenolic OH excluding ortho intramolecular Hbond substituents is 1. The van der Waals surface area contributed by atoms with Crippen LogP contribution in [-0.2, 0) is 28.7 Å². The summed E-state index contributed by atoms with van der Waals surface area (Å²) in [5.41, 5.74) is 4.34. The lowest BCUT2D eigenvalue weighted by Crippen LogP contribution is -2.82. The molecule has 0 radical (unpaired) electrons. The van der Waals surface area contributed by atoms with E-state index in [1.807, 2.05) is 0 Å². The van der Waals surface area contributed by atoms with Crippen LogP contribution >= 0.6 is 46.7 Å². The van der Waals surface area contributed by atoms with Gasteiger partial charge in [-0.05, 0) is 23.3 Å². The second-order valence-corrected chi connectivity index (χ2v) is 10.6. The molecule has 0 bridgehead atoms. The molecule has 4 amide bonds. The zero-order chi connectivity index (χ0) is 32.2. The largest absolute Gasteiger partial charge is 0.508 e. The number of carbonyl (C=O) groups excluding carboxylic acids is 4. The van der Waals surface area contributed by atoms with Gasteiger partial charge in [0.2, 0.25) is 11.4 Å². The number of ether oxygens (including phenoxy) is 1. The molecule has 2 heterocycles. The Morgan fingerprint density at radius 2 is 1.74 bits per heavy atom. The number of carboxylic acids is 2. The van der Waals surface area contributed by atoms with Crippen molar-refractivity contribution in [3.8, 4) is 5.75 Å². The third kappa shape index (κ3) is 7.68. The van der Waals surface area contributed by atoms with Crippen molar-refractivity contribution in [2.75, 3.05) is 12.4 Å². The van der Waals surface area contributed by atoms with Gasteiger partial charge in [-0.2, -0.15) is 17.6 Å². The van der Waals surface area contributed by atoms with Crippen LogP contribution in [0.4, 0.5) is 18.0 Å². The Morgan fingerprint density at radius 3 is 2.21 bits per heavy atom. The van der Waals surface area contributed by atoms with E-state index < -0.39 is 63.7 Å². The Hall–Kier alpha value is -3.45. The first-order valence-corrected chi connectivity index (χ1v) is 13.1. The van der Waals surface area contributed by atoms with Gasteiger partial charge in [0.15, 0.2) is 4.84 Å². The van der Waals surface area contributed by atoms with Gasteiger partial charge in [0, 0.05) is 23.7 Å². The van der Waals surface area contributed by atoms with Gasteiger partial charge < -0.3 is 36.0 Å². The molecule has 2 aliphatic heterocycles. The third-order valence-electron chi connectivity index (χ3n) is 5.30.